The number of hydrogen-bond acceptors (Lipinski definition) is 5. The molecule has 0 bridgehead atoms. The lowest BCUT2D eigenvalue weighted by Crippen LogP contribution is -2.19. The van der Waals surface area contributed by atoms with Gasteiger partial charge >= 0.3 is 5.97 Å². The number of aromatic nitrogens is 1. The van der Waals surface area contributed by atoms with Crippen LogP contribution < -0.4 is 5.32 Å². The Hall–Kier alpha value is -2.14. The zero-order valence-corrected chi connectivity index (χ0v) is 12.8. The molecule has 0 aliphatic carbocycles. The number of methoxy groups -OCH3 is 1. The van der Waals surface area contributed by atoms with Crippen molar-refractivity contribution in [3.8, 4) is 0 Å². The molecule has 5 nitrogen and oxygen atoms in total. The van der Waals surface area contributed by atoms with E-state index in [0.29, 0.717) is 12.1 Å². The molecule has 2 rings (SSSR count). The van der Waals surface area contributed by atoms with E-state index in [0.717, 1.165) is 22.6 Å². The van der Waals surface area contributed by atoms with Crippen LogP contribution in [0.3, 0.4) is 0 Å². The lowest BCUT2D eigenvalue weighted by Gasteiger charge is -2.13. The number of carbonyl (C=O) groups is 1. The highest BCUT2D eigenvalue weighted by Gasteiger charge is 2.15. The summed E-state index contributed by atoms with van der Waals surface area (Å²) in [5.74, 6) is 0.520. The first-order valence-electron chi connectivity index (χ1n) is 6.86. The number of nitrogens with one attached hydrogen (secondary N) is 1. The number of ether oxygens (including phenoxy) is 1. The quantitative estimate of drug-likeness (QED) is 0.857. The molecule has 0 saturated heterocycles. The largest absolute Gasteiger partial charge is 0.465 e. The molecule has 0 aliphatic heterocycles. The molecular weight excluding hydrogens is 268 g/mol. The Bertz CT molecular complexity index is 597. The van der Waals surface area contributed by atoms with Gasteiger partial charge in [0.1, 0.15) is 5.76 Å². The highest BCUT2D eigenvalue weighted by Crippen LogP contribution is 2.21. The monoisotopic (exact) mass is 288 g/mol. The predicted molar refractivity (Wildman–Crippen MR) is 79.0 cm³/mol. The van der Waals surface area contributed by atoms with Gasteiger partial charge in [0, 0.05) is 18.2 Å². The summed E-state index contributed by atoms with van der Waals surface area (Å²) >= 11 is 0. The molecule has 1 N–H and O–H groups in total. The van der Waals surface area contributed by atoms with E-state index < -0.39 is 0 Å². The first-order chi connectivity index (χ1) is 10.0. The molecule has 1 heterocycles. The van der Waals surface area contributed by atoms with Crippen molar-refractivity contribution in [3.63, 3.8) is 0 Å². The van der Waals surface area contributed by atoms with Gasteiger partial charge in [0.2, 0.25) is 0 Å². The van der Waals surface area contributed by atoms with Gasteiger partial charge in [-0.25, -0.2) is 4.79 Å². The molecule has 1 unspecified atom stereocenters. The second-order valence-corrected chi connectivity index (χ2v) is 5.03. The summed E-state index contributed by atoms with van der Waals surface area (Å²) in [7, 11) is 1.38. The van der Waals surface area contributed by atoms with E-state index in [-0.39, 0.29) is 12.0 Å². The van der Waals surface area contributed by atoms with Crippen molar-refractivity contribution in [1.82, 2.24) is 10.5 Å². The Kier molecular flexibility index (Phi) is 4.75. The molecule has 1 aromatic heterocycles. The number of esters is 1. The Morgan fingerprint density at radius 3 is 2.52 bits per heavy atom. The zero-order valence-electron chi connectivity index (χ0n) is 12.8. The lowest BCUT2D eigenvalue weighted by atomic mass is 10.1. The van der Waals surface area contributed by atoms with Crippen LogP contribution in [-0.2, 0) is 11.3 Å². The molecule has 5 heteroatoms. The van der Waals surface area contributed by atoms with Gasteiger partial charge in [0.25, 0.3) is 0 Å². The molecule has 21 heavy (non-hydrogen) atoms. The lowest BCUT2D eigenvalue weighted by molar-refractivity contribution is 0.0600. The van der Waals surface area contributed by atoms with Crippen LogP contribution in [0.15, 0.2) is 28.8 Å². The number of rotatable bonds is 5. The van der Waals surface area contributed by atoms with Gasteiger partial charge in [0.15, 0.2) is 0 Å². The average Bonchev–Trinajstić information content (AvgIpc) is 2.83. The number of nitrogens with zero attached hydrogens (tertiary/aromatic N) is 1. The van der Waals surface area contributed by atoms with E-state index in [9.17, 15) is 4.79 Å². The topological polar surface area (TPSA) is 64.4 Å². The van der Waals surface area contributed by atoms with Crippen LogP contribution in [0.1, 0.15) is 45.9 Å². The molecule has 0 fully saturated rings. The number of aryl methyl sites for hydroxylation is 2. The van der Waals surface area contributed by atoms with Crippen molar-refractivity contribution < 1.29 is 14.1 Å². The SMILES string of the molecule is COC(=O)c1ccc(CNC(C)c2c(C)noc2C)cc1. The minimum atomic E-state index is -0.321. The maximum absolute atomic E-state index is 11.4. The summed E-state index contributed by atoms with van der Waals surface area (Å²) in [6, 6.07) is 7.52. The minimum Gasteiger partial charge on any atom is -0.465 e. The third-order valence-corrected chi connectivity index (χ3v) is 3.51. The van der Waals surface area contributed by atoms with E-state index in [1.807, 2.05) is 26.0 Å². The van der Waals surface area contributed by atoms with Crippen LogP contribution in [-0.4, -0.2) is 18.2 Å². The molecule has 0 amide bonds. The highest BCUT2D eigenvalue weighted by atomic mass is 16.5. The van der Waals surface area contributed by atoms with Crippen molar-refractivity contribution in [2.75, 3.05) is 7.11 Å². The molecular formula is C16H20N2O3. The van der Waals surface area contributed by atoms with Crippen LogP contribution in [0.4, 0.5) is 0 Å². The van der Waals surface area contributed by atoms with Crippen molar-refractivity contribution in [1.29, 1.82) is 0 Å². The fourth-order valence-electron chi connectivity index (χ4n) is 2.36. The molecule has 2 aromatic rings. The van der Waals surface area contributed by atoms with Crippen molar-refractivity contribution in [2.24, 2.45) is 0 Å². The molecule has 0 spiro atoms. The summed E-state index contributed by atoms with van der Waals surface area (Å²) in [6.45, 7) is 6.63. The third-order valence-electron chi connectivity index (χ3n) is 3.51. The Morgan fingerprint density at radius 2 is 2.00 bits per heavy atom. The van der Waals surface area contributed by atoms with Gasteiger partial charge in [-0.1, -0.05) is 17.3 Å². The highest BCUT2D eigenvalue weighted by molar-refractivity contribution is 5.89. The van der Waals surface area contributed by atoms with E-state index in [4.69, 9.17) is 4.52 Å². The van der Waals surface area contributed by atoms with Gasteiger partial charge in [-0.15, -0.1) is 0 Å². The summed E-state index contributed by atoms with van der Waals surface area (Å²) in [6.07, 6.45) is 0. The van der Waals surface area contributed by atoms with Crippen LogP contribution in [0, 0.1) is 13.8 Å². The Labute approximate surface area is 124 Å². The average molecular weight is 288 g/mol. The van der Waals surface area contributed by atoms with E-state index >= 15 is 0 Å². The van der Waals surface area contributed by atoms with Gasteiger partial charge in [-0.05, 0) is 38.5 Å². The third kappa shape index (κ3) is 3.49. The second kappa shape index (κ2) is 6.54. The van der Waals surface area contributed by atoms with Gasteiger partial charge in [-0.3, -0.25) is 0 Å². The predicted octanol–water partition coefficient (Wildman–Crippen LogP) is 2.93. The summed E-state index contributed by atoms with van der Waals surface area (Å²) in [5, 5.41) is 7.40. The number of benzene rings is 1. The molecule has 112 valence electrons. The molecule has 0 aliphatic rings. The smallest absolute Gasteiger partial charge is 0.337 e. The Morgan fingerprint density at radius 1 is 1.33 bits per heavy atom. The number of carbonyl (C=O) groups excluding carboxylic acids is 1. The minimum absolute atomic E-state index is 0.150. The van der Waals surface area contributed by atoms with E-state index in [1.54, 1.807) is 12.1 Å². The van der Waals surface area contributed by atoms with Crippen LogP contribution in [0.25, 0.3) is 0 Å². The van der Waals surface area contributed by atoms with Gasteiger partial charge < -0.3 is 14.6 Å². The van der Waals surface area contributed by atoms with E-state index in [2.05, 4.69) is 22.1 Å². The maximum atomic E-state index is 11.4. The van der Waals surface area contributed by atoms with Crippen molar-refractivity contribution in [2.45, 2.75) is 33.4 Å². The fraction of sp³-hybridized carbons (Fsp3) is 0.375. The van der Waals surface area contributed by atoms with Crippen molar-refractivity contribution in [3.05, 3.63) is 52.4 Å². The van der Waals surface area contributed by atoms with Crippen LogP contribution in [0.2, 0.25) is 0 Å². The molecule has 1 atom stereocenters. The molecule has 0 saturated carbocycles. The summed E-state index contributed by atoms with van der Waals surface area (Å²) < 4.78 is 9.86. The summed E-state index contributed by atoms with van der Waals surface area (Å²) in [5.41, 5.74) is 3.66. The second-order valence-electron chi connectivity index (χ2n) is 5.03. The maximum Gasteiger partial charge on any atom is 0.337 e. The van der Waals surface area contributed by atoms with Gasteiger partial charge in [-0.2, -0.15) is 0 Å². The zero-order chi connectivity index (χ0) is 15.4. The first-order valence-corrected chi connectivity index (χ1v) is 6.86. The molecule has 1 aromatic carbocycles. The van der Waals surface area contributed by atoms with Crippen LogP contribution in [0.5, 0.6) is 0 Å². The summed E-state index contributed by atoms with van der Waals surface area (Å²) in [4.78, 5) is 11.4. The molecule has 0 radical (unpaired) electrons. The normalized spacial score (nSPS) is 12.2. The van der Waals surface area contributed by atoms with Gasteiger partial charge in [0.05, 0.1) is 18.4 Å². The Balaban J connectivity index is 1.98. The van der Waals surface area contributed by atoms with E-state index in [1.165, 1.54) is 7.11 Å². The standard InChI is InChI=1S/C16H20N2O3/c1-10(15-11(2)18-21-12(15)3)17-9-13-5-7-14(8-6-13)16(19)20-4/h5-8,10,17H,9H2,1-4H3. The fourth-order valence-corrected chi connectivity index (χ4v) is 2.36. The number of hydrogen-bond donors (Lipinski definition) is 1. The first kappa shape index (κ1) is 15.3. The van der Waals surface area contributed by atoms with Crippen molar-refractivity contribution >= 4 is 5.97 Å². The van der Waals surface area contributed by atoms with Crippen LogP contribution >= 0.6 is 0 Å².